The predicted octanol–water partition coefficient (Wildman–Crippen LogP) is 0.376. The van der Waals surface area contributed by atoms with Crippen LogP contribution in [-0.4, -0.2) is 56.9 Å². The molecule has 6 aliphatic rings. The lowest BCUT2D eigenvalue weighted by atomic mass is 9.35. The summed E-state index contributed by atoms with van der Waals surface area (Å²) in [7, 11) is 0. The molecule has 6 heteroatoms. The SMILES string of the molecule is C=C1C(=O)C23[C@H](O)C1CC[C@H]2[C@]12CO[C@]3(O)[C@@H](O)[C@@H]1C(C)(C)CC[C@@H]2O. The maximum Gasteiger partial charge on any atom is 0.208 e. The molecule has 4 bridgehead atoms. The Morgan fingerprint density at radius 1 is 1.12 bits per heavy atom. The first-order chi connectivity index (χ1) is 12.1. The van der Waals surface area contributed by atoms with Crippen LogP contribution in [0.1, 0.15) is 39.5 Å². The normalized spacial score (nSPS) is 59.9. The van der Waals surface area contributed by atoms with Crippen molar-refractivity contribution >= 4 is 5.78 Å². The van der Waals surface area contributed by atoms with Crippen molar-refractivity contribution in [1.29, 1.82) is 0 Å². The summed E-state index contributed by atoms with van der Waals surface area (Å²) >= 11 is 0. The van der Waals surface area contributed by atoms with E-state index >= 15 is 0 Å². The average Bonchev–Trinajstić information content (AvgIpc) is 2.69. The fraction of sp³-hybridized carbons (Fsp3) is 0.850. The number of ketones is 1. The number of carbonyl (C=O) groups excluding carboxylic acids is 1. The second-order valence-corrected chi connectivity index (χ2v) is 9.97. The van der Waals surface area contributed by atoms with Gasteiger partial charge in [0.2, 0.25) is 5.79 Å². The Balaban J connectivity index is 1.81. The Kier molecular flexibility index (Phi) is 3.07. The standard InChI is InChI=1S/C20H28O6/c1-9-10-4-5-11-18-8-26-20(25,19(11,14(9)22)15(10)23)16(24)13(18)17(2,3)7-6-12(18)21/h10-13,15-16,21,23-25H,1,4-8H2,2-3H3/t10?,11-,12-,13+,15+,16-,18-,19?,20+/m0/s1. The van der Waals surface area contributed by atoms with E-state index in [2.05, 4.69) is 6.58 Å². The Morgan fingerprint density at radius 2 is 1.81 bits per heavy atom. The molecule has 0 aromatic heterocycles. The molecule has 9 atom stereocenters. The van der Waals surface area contributed by atoms with Crippen molar-refractivity contribution in [2.75, 3.05) is 6.61 Å². The quantitative estimate of drug-likeness (QED) is 0.463. The van der Waals surface area contributed by atoms with Crippen molar-refractivity contribution in [1.82, 2.24) is 0 Å². The highest BCUT2D eigenvalue weighted by atomic mass is 16.6. The third kappa shape index (κ3) is 1.41. The fourth-order valence-electron chi connectivity index (χ4n) is 7.90. The Hall–Kier alpha value is -0.790. The van der Waals surface area contributed by atoms with Crippen LogP contribution in [0.3, 0.4) is 0 Å². The predicted molar refractivity (Wildman–Crippen MR) is 90.7 cm³/mol. The summed E-state index contributed by atoms with van der Waals surface area (Å²) in [5.41, 5.74) is -2.49. The van der Waals surface area contributed by atoms with Gasteiger partial charge in [0.1, 0.15) is 11.5 Å². The first kappa shape index (κ1) is 17.3. The molecule has 0 radical (unpaired) electrons. The van der Waals surface area contributed by atoms with Crippen LogP contribution in [0.2, 0.25) is 0 Å². The van der Waals surface area contributed by atoms with Crippen molar-refractivity contribution in [3.8, 4) is 0 Å². The molecular formula is C20H28O6. The van der Waals surface area contributed by atoms with Crippen LogP contribution in [0, 0.1) is 34.0 Å². The van der Waals surface area contributed by atoms with Crippen LogP contribution in [-0.2, 0) is 9.53 Å². The van der Waals surface area contributed by atoms with Gasteiger partial charge in [-0.25, -0.2) is 0 Å². The molecule has 6 rings (SSSR count). The second kappa shape index (κ2) is 4.61. The van der Waals surface area contributed by atoms with Crippen molar-refractivity contribution in [3.63, 3.8) is 0 Å². The van der Waals surface area contributed by atoms with Crippen LogP contribution in [0.15, 0.2) is 12.2 Å². The van der Waals surface area contributed by atoms with Gasteiger partial charge in [-0.05, 0) is 42.6 Å². The molecule has 4 aliphatic carbocycles. The number of carbonyl (C=O) groups is 1. The van der Waals surface area contributed by atoms with Gasteiger partial charge in [-0.3, -0.25) is 4.79 Å². The second-order valence-electron chi connectivity index (χ2n) is 9.97. The number of rotatable bonds is 0. The maximum atomic E-state index is 13.3. The molecule has 2 heterocycles. The first-order valence-electron chi connectivity index (χ1n) is 9.71. The number of ether oxygens (including phenoxy) is 1. The van der Waals surface area contributed by atoms with E-state index < -0.39 is 58.5 Å². The summed E-state index contributed by atoms with van der Waals surface area (Å²) < 4.78 is 5.80. The van der Waals surface area contributed by atoms with Crippen molar-refractivity contribution in [2.24, 2.45) is 34.0 Å². The summed E-state index contributed by atoms with van der Waals surface area (Å²) in [6, 6.07) is 0. The van der Waals surface area contributed by atoms with Gasteiger partial charge < -0.3 is 25.2 Å². The van der Waals surface area contributed by atoms with E-state index in [1.54, 1.807) is 0 Å². The Morgan fingerprint density at radius 3 is 2.50 bits per heavy atom. The molecule has 0 aromatic carbocycles. The van der Waals surface area contributed by atoms with Crippen LogP contribution in [0.4, 0.5) is 0 Å². The van der Waals surface area contributed by atoms with Crippen LogP contribution < -0.4 is 0 Å². The summed E-state index contributed by atoms with van der Waals surface area (Å²) in [5, 5.41) is 45.1. The van der Waals surface area contributed by atoms with E-state index in [0.29, 0.717) is 24.8 Å². The molecule has 26 heavy (non-hydrogen) atoms. The molecule has 0 amide bonds. The van der Waals surface area contributed by atoms with Gasteiger partial charge in [0.05, 0.1) is 18.8 Å². The van der Waals surface area contributed by atoms with Crippen molar-refractivity contribution < 1.29 is 30.0 Å². The molecule has 2 spiro atoms. The lowest BCUT2D eigenvalue weighted by molar-refractivity contribution is -0.458. The summed E-state index contributed by atoms with van der Waals surface area (Å²) in [4.78, 5) is 13.3. The minimum atomic E-state index is -2.15. The van der Waals surface area contributed by atoms with Gasteiger partial charge >= 0.3 is 0 Å². The third-order valence-electron chi connectivity index (χ3n) is 8.88. The Bertz CT molecular complexity index is 717. The first-order valence-corrected chi connectivity index (χ1v) is 9.71. The number of hydrogen-bond donors (Lipinski definition) is 4. The largest absolute Gasteiger partial charge is 0.392 e. The molecule has 2 saturated heterocycles. The third-order valence-corrected chi connectivity index (χ3v) is 8.88. The molecule has 0 aromatic rings. The molecule has 144 valence electrons. The zero-order valence-electron chi connectivity index (χ0n) is 15.3. The van der Waals surface area contributed by atoms with Gasteiger partial charge in [0.25, 0.3) is 0 Å². The topological polar surface area (TPSA) is 107 Å². The van der Waals surface area contributed by atoms with Crippen LogP contribution in [0.5, 0.6) is 0 Å². The lowest BCUT2D eigenvalue weighted by Crippen LogP contribution is -2.85. The van der Waals surface area contributed by atoms with Gasteiger partial charge in [0, 0.05) is 17.3 Å². The van der Waals surface area contributed by atoms with Crippen molar-refractivity contribution in [3.05, 3.63) is 12.2 Å². The number of Topliss-reactive ketones (excluding diaryl/α,β-unsaturated/α-hetero) is 1. The minimum absolute atomic E-state index is 0.0966. The monoisotopic (exact) mass is 364 g/mol. The molecule has 4 N–H and O–H groups in total. The van der Waals surface area contributed by atoms with Gasteiger partial charge in [-0.15, -0.1) is 0 Å². The highest BCUT2D eigenvalue weighted by Crippen LogP contribution is 2.76. The molecular weight excluding hydrogens is 336 g/mol. The van der Waals surface area contributed by atoms with E-state index in [0.717, 1.165) is 6.42 Å². The average molecular weight is 364 g/mol. The zero-order valence-corrected chi connectivity index (χ0v) is 15.3. The van der Waals surface area contributed by atoms with E-state index in [1.807, 2.05) is 13.8 Å². The molecule has 2 unspecified atom stereocenters. The molecule has 6 fully saturated rings. The molecule has 6 nitrogen and oxygen atoms in total. The van der Waals surface area contributed by atoms with Gasteiger partial charge in [0.15, 0.2) is 5.78 Å². The summed E-state index contributed by atoms with van der Waals surface area (Å²) in [6.45, 7) is 8.07. The fourth-order valence-corrected chi connectivity index (χ4v) is 7.90. The Labute approximate surface area is 152 Å². The smallest absolute Gasteiger partial charge is 0.208 e. The van der Waals surface area contributed by atoms with E-state index in [9.17, 15) is 25.2 Å². The number of aliphatic hydroxyl groups excluding tert-OH is 3. The number of aliphatic hydroxyl groups is 4. The lowest BCUT2D eigenvalue weighted by Gasteiger charge is -2.74. The van der Waals surface area contributed by atoms with E-state index in [4.69, 9.17) is 4.74 Å². The van der Waals surface area contributed by atoms with Crippen LogP contribution in [0.25, 0.3) is 0 Å². The molecule has 2 aliphatic heterocycles. The maximum absolute atomic E-state index is 13.3. The highest BCUT2D eigenvalue weighted by molar-refractivity contribution is 6.05. The van der Waals surface area contributed by atoms with Gasteiger partial charge in [-0.2, -0.15) is 0 Å². The van der Waals surface area contributed by atoms with E-state index in [-0.39, 0.29) is 12.0 Å². The van der Waals surface area contributed by atoms with E-state index in [1.165, 1.54) is 0 Å². The zero-order chi connectivity index (χ0) is 18.9. The van der Waals surface area contributed by atoms with Crippen LogP contribution >= 0.6 is 0 Å². The number of fused-ring (bicyclic) bond motifs is 2. The summed E-state index contributed by atoms with van der Waals surface area (Å²) in [5.74, 6) is -3.80. The summed E-state index contributed by atoms with van der Waals surface area (Å²) in [6.07, 6.45) is -0.747. The molecule has 4 saturated carbocycles. The van der Waals surface area contributed by atoms with Gasteiger partial charge in [-0.1, -0.05) is 20.4 Å². The number of hydrogen-bond acceptors (Lipinski definition) is 6. The minimum Gasteiger partial charge on any atom is -0.392 e. The van der Waals surface area contributed by atoms with Crippen molar-refractivity contribution in [2.45, 2.75) is 63.6 Å². The highest BCUT2D eigenvalue weighted by Gasteiger charge is 2.86.